The summed E-state index contributed by atoms with van der Waals surface area (Å²) in [6.45, 7) is 2.24. The van der Waals surface area contributed by atoms with Crippen molar-refractivity contribution in [2.24, 2.45) is 5.92 Å². The normalized spacial score (nSPS) is 17.8. The van der Waals surface area contributed by atoms with Crippen molar-refractivity contribution in [3.63, 3.8) is 0 Å². The van der Waals surface area contributed by atoms with Gasteiger partial charge in [-0.1, -0.05) is 98.0 Å². The Labute approximate surface area is 264 Å². The van der Waals surface area contributed by atoms with E-state index in [1.54, 1.807) is 0 Å². The summed E-state index contributed by atoms with van der Waals surface area (Å²) in [4.78, 5) is 20.2. The summed E-state index contributed by atoms with van der Waals surface area (Å²) >= 11 is 0. The number of hydrogen-bond acceptors (Lipinski definition) is 4. The van der Waals surface area contributed by atoms with E-state index in [0.29, 0.717) is 11.7 Å². The second-order valence-corrected chi connectivity index (χ2v) is 12.2. The number of benzene rings is 2. The lowest BCUT2D eigenvalue weighted by atomic mass is 9.95. The van der Waals surface area contributed by atoms with Crippen LogP contribution in [0, 0.1) is 5.92 Å². The zero-order valence-corrected chi connectivity index (χ0v) is 25.4. The number of pyridine rings is 2. The van der Waals surface area contributed by atoms with Crippen molar-refractivity contribution in [2.75, 3.05) is 0 Å². The zero-order valence-electron chi connectivity index (χ0n) is 25.4. The molecule has 4 heteroatoms. The van der Waals surface area contributed by atoms with Crippen LogP contribution in [0.4, 0.5) is 0 Å². The average molecular weight is 583 g/mol. The molecule has 3 aliphatic rings. The summed E-state index contributed by atoms with van der Waals surface area (Å²) in [7, 11) is 0. The first-order valence-electron chi connectivity index (χ1n) is 16.0. The molecule has 3 aromatic heterocycles. The van der Waals surface area contributed by atoms with Crippen molar-refractivity contribution in [2.45, 2.75) is 39.0 Å². The zero-order chi connectivity index (χ0) is 30.2. The fourth-order valence-electron chi connectivity index (χ4n) is 6.26. The monoisotopic (exact) mass is 582 g/mol. The van der Waals surface area contributed by atoms with Crippen LogP contribution in [0.2, 0.25) is 0 Å². The largest absolute Gasteiger partial charge is 0.248 e. The van der Waals surface area contributed by atoms with Crippen LogP contribution in [-0.2, 0) is 0 Å². The predicted molar refractivity (Wildman–Crippen MR) is 187 cm³/mol. The van der Waals surface area contributed by atoms with Gasteiger partial charge in [0.15, 0.2) is 5.82 Å². The highest BCUT2D eigenvalue weighted by atomic mass is 14.9. The Balaban J connectivity index is 1.18. The molecule has 0 saturated carbocycles. The smallest absolute Gasteiger partial charge is 0.179 e. The van der Waals surface area contributed by atoms with E-state index >= 15 is 0 Å². The topological polar surface area (TPSA) is 51.6 Å². The highest BCUT2D eigenvalue weighted by Crippen LogP contribution is 2.31. The Morgan fingerprint density at radius 3 is 1.64 bits per heavy atom. The molecule has 1 unspecified atom stereocenters. The van der Waals surface area contributed by atoms with Gasteiger partial charge in [0.1, 0.15) is 5.69 Å². The van der Waals surface area contributed by atoms with Gasteiger partial charge in [-0.2, -0.15) is 0 Å². The Bertz CT molecular complexity index is 2160. The van der Waals surface area contributed by atoms with Gasteiger partial charge in [0.25, 0.3) is 0 Å². The summed E-state index contributed by atoms with van der Waals surface area (Å²) in [5.74, 6) is 1.19. The van der Waals surface area contributed by atoms with E-state index in [4.69, 9.17) is 19.9 Å². The number of allylic oxidation sites excluding steroid dienone is 12. The van der Waals surface area contributed by atoms with E-state index in [0.717, 1.165) is 99.0 Å². The SMILES string of the molecule is CC1C=CC(c2cc(C3=CCCC=C3)nc(-c3ccc4ccc(-c5ccc6ccc(C7=CCCC=C7)nc6c5)cc4n3)n2)=CC1. The van der Waals surface area contributed by atoms with Crippen LogP contribution >= 0.6 is 0 Å². The van der Waals surface area contributed by atoms with Crippen LogP contribution in [0.5, 0.6) is 0 Å². The molecular formula is C41H34N4. The molecule has 0 N–H and O–H groups in total. The minimum atomic E-state index is 0.543. The van der Waals surface area contributed by atoms with Crippen molar-refractivity contribution in [3.05, 3.63) is 138 Å². The molecule has 0 saturated heterocycles. The van der Waals surface area contributed by atoms with E-state index in [-0.39, 0.29) is 0 Å². The second kappa shape index (κ2) is 11.7. The molecule has 0 bridgehead atoms. The molecule has 8 rings (SSSR count). The van der Waals surface area contributed by atoms with Crippen molar-refractivity contribution < 1.29 is 0 Å². The fraction of sp³-hybridized carbons (Fsp3) is 0.171. The summed E-state index contributed by atoms with van der Waals surface area (Å²) in [6, 6.07) is 23.6. The molecular weight excluding hydrogens is 548 g/mol. The van der Waals surface area contributed by atoms with Gasteiger partial charge in [0, 0.05) is 10.8 Å². The number of aromatic nitrogens is 4. The third-order valence-corrected chi connectivity index (χ3v) is 8.86. The van der Waals surface area contributed by atoms with Crippen LogP contribution in [0.15, 0.2) is 121 Å². The quantitative estimate of drug-likeness (QED) is 0.207. The Morgan fingerprint density at radius 1 is 0.511 bits per heavy atom. The molecule has 218 valence electrons. The van der Waals surface area contributed by atoms with Gasteiger partial charge in [-0.15, -0.1) is 0 Å². The van der Waals surface area contributed by atoms with Crippen LogP contribution in [0.25, 0.3) is 61.2 Å². The molecule has 3 heterocycles. The average Bonchev–Trinajstić information content (AvgIpc) is 3.11. The van der Waals surface area contributed by atoms with Crippen molar-refractivity contribution in [1.29, 1.82) is 0 Å². The molecule has 3 aliphatic carbocycles. The summed E-state index contributed by atoms with van der Waals surface area (Å²) in [6.07, 6.45) is 25.4. The lowest BCUT2D eigenvalue weighted by Gasteiger charge is -2.15. The maximum atomic E-state index is 5.12. The third-order valence-electron chi connectivity index (χ3n) is 8.86. The molecule has 0 fully saturated rings. The summed E-state index contributed by atoms with van der Waals surface area (Å²) < 4.78 is 0. The number of nitrogens with zero attached hydrogens (tertiary/aromatic N) is 4. The Morgan fingerprint density at radius 2 is 1.07 bits per heavy atom. The minimum Gasteiger partial charge on any atom is -0.248 e. The Hall–Kier alpha value is -5.22. The number of rotatable bonds is 5. The van der Waals surface area contributed by atoms with Gasteiger partial charge in [-0.05, 0) is 96.2 Å². The van der Waals surface area contributed by atoms with Crippen molar-refractivity contribution >= 4 is 38.5 Å². The molecule has 5 aromatic rings. The van der Waals surface area contributed by atoms with Crippen LogP contribution < -0.4 is 0 Å². The molecule has 2 aromatic carbocycles. The maximum absolute atomic E-state index is 5.12. The highest BCUT2D eigenvalue weighted by molar-refractivity contribution is 5.90. The first kappa shape index (κ1) is 27.3. The minimum absolute atomic E-state index is 0.543. The molecule has 1 atom stereocenters. The van der Waals surface area contributed by atoms with Gasteiger partial charge in [-0.25, -0.2) is 19.9 Å². The van der Waals surface area contributed by atoms with Gasteiger partial charge in [-0.3, -0.25) is 0 Å². The molecule has 45 heavy (non-hydrogen) atoms. The predicted octanol–water partition coefficient (Wildman–Crippen LogP) is 10.4. The van der Waals surface area contributed by atoms with Crippen LogP contribution in [0.3, 0.4) is 0 Å². The van der Waals surface area contributed by atoms with Gasteiger partial charge in [0.05, 0.1) is 28.1 Å². The van der Waals surface area contributed by atoms with E-state index < -0.39 is 0 Å². The number of hydrogen-bond donors (Lipinski definition) is 0. The van der Waals surface area contributed by atoms with E-state index in [9.17, 15) is 0 Å². The van der Waals surface area contributed by atoms with Crippen LogP contribution in [0.1, 0.15) is 56.1 Å². The molecule has 0 amide bonds. The van der Waals surface area contributed by atoms with Gasteiger partial charge >= 0.3 is 0 Å². The van der Waals surface area contributed by atoms with Gasteiger partial charge < -0.3 is 0 Å². The molecule has 0 spiro atoms. The molecule has 0 radical (unpaired) electrons. The fourth-order valence-corrected chi connectivity index (χ4v) is 6.26. The lowest BCUT2D eigenvalue weighted by Crippen LogP contribution is -2.03. The van der Waals surface area contributed by atoms with Crippen molar-refractivity contribution in [3.8, 4) is 22.6 Å². The maximum Gasteiger partial charge on any atom is 0.179 e. The first-order chi connectivity index (χ1) is 22.2. The van der Waals surface area contributed by atoms with E-state index in [1.807, 2.05) is 6.07 Å². The lowest BCUT2D eigenvalue weighted by molar-refractivity contribution is 0.738. The second-order valence-electron chi connectivity index (χ2n) is 12.2. The Kier molecular flexibility index (Phi) is 7.11. The van der Waals surface area contributed by atoms with Gasteiger partial charge in [0.2, 0.25) is 0 Å². The molecule has 4 nitrogen and oxygen atoms in total. The van der Waals surface area contributed by atoms with Crippen molar-refractivity contribution in [1.82, 2.24) is 19.9 Å². The molecule has 0 aliphatic heterocycles. The summed E-state index contributed by atoms with van der Waals surface area (Å²) in [5.41, 5.74) is 11.3. The first-order valence-corrected chi connectivity index (χ1v) is 16.0. The van der Waals surface area contributed by atoms with Crippen LogP contribution in [-0.4, -0.2) is 19.9 Å². The number of fused-ring (bicyclic) bond motifs is 2. The van der Waals surface area contributed by atoms with E-state index in [2.05, 4.69) is 122 Å². The standard InChI is InChI=1S/C41H34N4/c1-27-12-14-30(15-13-27)40-26-39(29-10-6-3-7-11-29)44-41(45-40)36-23-21-32-17-19-34(25-38(32)43-36)33-18-16-31-20-22-35(42-37(31)24-33)28-8-4-2-5-9-28/h4,6,8-12,14-27H,2-3,5,7,13H2,1H3. The van der Waals surface area contributed by atoms with E-state index in [1.165, 1.54) is 5.57 Å². The highest BCUT2D eigenvalue weighted by Gasteiger charge is 2.16. The summed E-state index contributed by atoms with van der Waals surface area (Å²) in [5, 5.41) is 2.22. The third kappa shape index (κ3) is 5.60.